The highest BCUT2D eigenvalue weighted by molar-refractivity contribution is 6.32. The van der Waals surface area contributed by atoms with Crippen molar-refractivity contribution in [2.24, 2.45) is 5.73 Å². The van der Waals surface area contributed by atoms with Crippen LogP contribution < -0.4 is 10.6 Å². The monoisotopic (exact) mass is 225 g/mol. The molecular weight excluding hydrogens is 214 g/mol. The lowest BCUT2D eigenvalue weighted by Crippen LogP contribution is -2.28. The molecule has 1 aromatic heterocycles. The number of nitrogens with two attached hydrogens (primary N) is 1. The summed E-state index contributed by atoms with van der Waals surface area (Å²) in [5.74, 6) is 0.00931. The number of amides is 1. The Morgan fingerprint density at radius 2 is 2.33 bits per heavy atom. The molecule has 0 radical (unpaired) electrons. The van der Waals surface area contributed by atoms with E-state index < -0.39 is 0 Å². The van der Waals surface area contributed by atoms with Crippen molar-refractivity contribution in [1.82, 2.24) is 4.98 Å². The van der Waals surface area contributed by atoms with Crippen LogP contribution in [0.4, 0.5) is 5.69 Å². The number of carbonyl (C=O) groups is 1. The Hall–Kier alpha value is -1.13. The normalized spacial score (nSPS) is 21.1. The largest absolute Gasteiger partial charge is 0.326 e. The molecule has 2 rings (SSSR count). The topological polar surface area (TPSA) is 59.2 Å². The molecule has 1 atom stereocenters. The molecule has 1 aliphatic rings. The number of anilines is 1. The van der Waals surface area contributed by atoms with Crippen LogP contribution in [-0.2, 0) is 4.79 Å². The van der Waals surface area contributed by atoms with Crippen molar-refractivity contribution >= 4 is 23.2 Å². The molecular formula is C10H12ClN3O. The summed E-state index contributed by atoms with van der Waals surface area (Å²) < 4.78 is 0. The molecule has 15 heavy (non-hydrogen) atoms. The minimum Gasteiger partial charge on any atom is -0.326 e. The van der Waals surface area contributed by atoms with Gasteiger partial charge in [-0.15, -0.1) is 0 Å². The molecule has 80 valence electrons. The first-order chi connectivity index (χ1) is 7.08. The van der Waals surface area contributed by atoms with Gasteiger partial charge in [-0.25, -0.2) is 4.98 Å². The van der Waals surface area contributed by atoms with Crippen LogP contribution in [0.25, 0.3) is 0 Å². The van der Waals surface area contributed by atoms with Crippen LogP contribution in [0, 0.1) is 6.92 Å². The molecule has 1 fully saturated rings. The number of pyridine rings is 1. The third kappa shape index (κ3) is 1.96. The Morgan fingerprint density at radius 1 is 1.60 bits per heavy atom. The number of rotatable bonds is 1. The minimum atomic E-state index is -0.102. The molecule has 1 aliphatic heterocycles. The number of aromatic nitrogens is 1. The van der Waals surface area contributed by atoms with E-state index in [1.807, 2.05) is 13.0 Å². The highest BCUT2D eigenvalue weighted by Crippen LogP contribution is 2.27. The van der Waals surface area contributed by atoms with Gasteiger partial charge in [0.05, 0.1) is 5.69 Å². The Morgan fingerprint density at radius 3 is 2.87 bits per heavy atom. The van der Waals surface area contributed by atoms with E-state index in [9.17, 15) is 4.79 Å². The van der Waals surface area contributed by atoms with Crippen LogP contribution in [0.5, 0.6) is 0 Å². The Balaban J connectivity index is 2.34. The summed E-state index contributed by atoms with van der Waals surface area (Å²) >= 11 is 5.98. The van der Waals surface area contributed by atoms with Gasteiger partial charge in [-0.2, -0.15) is 0 Å². The van der Waals surface area contributed by atoms with E-state index in [2.05, 4.69) is 4.98 Å². The van der Waals surface area contributed by atoms with Gasteiger partial charge in [-0.1, -0.05) is 11.6 Å². The first kappa shape index (κ1) is 10.4. The van der Waals surface area contributed by atoms with E-state index in [4.69, 9.17) is 17.3 Å². The number of hydrogen-bond donors (Lipinski definition) is 1. The van der Waals surface area contributed by atoms with Gasteiger partial charge in [0.2, 0.25) is 5.91 Å². The number of aryl methyl sites for hydroxylation is 1. The van der Waals surface area contributed by atoms with Crippen LogP contribution >= 0.6 is 11.6 Å². The van der Waals surface area contributed by atoms with Crippen LogP contribution in [0.1, 0.15) is 12.1 Å². The molecule has 0 saturated carbocycles. The molecule has 1 saturated heterocycles. The minimum absolute atomic E-state index is 0.00931. The maximum absolute atomic E-state index is 11.6. The third-order valence-corrected chi connectivity index (χ3v) is 2.69. The second kappa shape index (κ2) is 3.79. The Labute approximate surface area is 93.0 Å². The summed E-state index contributed by atoms with van der Waals surface area (Å²) in [5.41, 5.74) is 7.19. The van der Waals surface area contributed by atoms with E-state index in [0.717, 1.165) is 5.69 Å². The quantitative estimate of drug-likeness (QED) is 0.729. The number of carbonyl (C=O) groups excluding carboxylic acids is 1. The fraction of sp³-hybridized carbons (Fsp3) is 0.400. The van der Waals surface area contributed by atoms with Crippen LogP contribution in [-0.4, -0.2) is 23.5 Å². The average molecular weight is 226 g/mol. The summed E-state index contributed by atoms with van der Waals surface area (Å²) in [5, 5.41) is 0.359. The van der Waals surface area contributed by atoms with Gasteiger partial charge in [0, 0.05) is 24.7 Å². The lowest BCUT2D eigenvalue weighted by atomic mass is 10.3. The predicted molar refractivity (Wildman–Crippen MR) is 58.9 cm³/mol. The average Bonchev–Trinajstić information content (AvgIpc) is 2.45. The first-order valence-electron chi connectivity index (χ1n) is 4.77. The lowest BCUT2D eigenvalue weighted by molar-refractivity contribution is -0.117. The Bertz CT molecular complexity index is 408. The summed E-state index contributed by atoms with van der Waals surface area (Å²) in [4.78, 5) is 17.3. The van der Waals surface area contributed by atoms with Gasteiger partial charge in [0.1, 0.15) is 0 Å². The van der Waals surface area contributed by atoms with Gasteiger partial charge in [0.25, 0.3) is 0 Å². The zero-order valence-electron chi connectivity index (χ0n) is 8.40. The summed E-state index contributed by atoms with van der Waals surface area (Å²) in [6, 6.07) is 3.54. The Kier molecular flexibility index (Phi) is 2.63. The molecule has 0 aliphatic carbocycles. The van der Waals surface area contributed by atoms with Crippen molar-refractivity contribution < 1.29 is 4.79 Å². The predicted octanol–water partition coefficient (Wildman–Crippen LogP) is 1.11. The van der Waals surface area contributed by atoms with Crippen molar-refractivity contribution in [2.45, 2.75) is 19.4 Å². The molecule has 1 unspecified atom stereocenters. The standard InChI is InChI=1S/C10H12ClN3O/c1-6-2-3-8(10(11)13-6)14-5-7(12)4-9(14)15/h2-3,7H,4-5,12H2,1H3. The molecule has 2 N–H and O–H groups in total. The van der Waals surface area contributed by atoms with Crippen LogP contribution in [0.15, 0.2) is 12.1 Å². The van der Waals surface area contributed by atoms with Crippen molar-refractivity contribution in [2.75, 3.05) is 11.4 Å². The van der Waals surface area contributed by atoms with Crippen molar-refractivity contribution in [3.8, 4) is 0 Å². The van der Waals surface area contributed by atoms with E-state index in [1.54, 1.807) is 11.0 Å². The molecule has 5 heteroatoms. The van der Waals surface area contributed by atoms with E-state index in [-0.39, 0.29) is 11.9 Å². The number of halogens is 1. The molecule has 4 nitrogen and oxygen atoms in total. The molecule has 0 bridgehead atoms. The maximum Gasteiger partial charge on any atom is 0.228 e. The molecule has 1 amide bonds. The van der Waals surface area contributed by atoms with Gasteiger partial charge >= 0.3 is 0 Å². The highest BCUT2D eigenvalue weighted by atomic mass is 35.5. The SMILES string of the molecule is Cc1ccc(N2CC(N)CC2=O)c(Cl)n1. The smallest absolute Gasteiger partial charge is 0.228 e. The van der Waals surface area contributed by atoms with Gasteiger partial charge in [-0.3, -0.25) is 4.79 Å². The summed E-state index contributed by atoms with van der Waals surface area (Å²) in [6.45, 7) is 2.37. The number of hydrogen-bond acceptors (Lipinski definition) is 3. The van der Waals surface area contributed by atoms with Crippen molar-refractivity contribution in [3.05, 3.63) is 23.0 Å². The van der Waals surface area contributed by atoms with Crippen molar-refractivity contribution in [1.29, 1.82) is 0 Å². The molecule has 0 spiro atoms. The third-order valence-electron chi connectivity index (χ3n) is 2.41. The molecule has 0 aromatic carbocycles. The zero-order chi connectivity index (χ0) is 11.0. The second-order valence-electron chi connectivity index (χ2n) is 3.73. The highest BCUT2D eigenvalue weighted by Gasteiger charge is 2.29. The van der Waals surface area contributed by atoms with Crippen molar-refractivity contribution in [3.63, 3.8) is 0 Å². The first-order valence-corrected chi connectivity index (χ1v) is 5.15. The van der Waals surface area contributed by atoms with Crippen LogP contribution in [0.2, 0.25) is 5.15 Å². The summed E-state index contributed by atoms with van der Waals surface area (Å²) in [6.07, 6.45) is 0.379. The molecule has 2 heterocycles. The van der Waals surface area contributed by atoms with E-state index in [1.165, 1.54) is 0 Å². The maximum atomic E-state index is 11.6. The lowest BCUT2D eigenvalue weighted by Gasteiger charge is -2.17. The number of nitrogens with zero attached hydrogens (tertiary/aromatic N) is 2. The fourth-order valence-electron chi connectivity index (χ4n) is 1.69. The zero-order valence-corrected chi connectivity index (χ0v) is 9.16. The van der Waals surface area contributed by atoms with Crippen LogP contribution in [0.3, 0.4) is 0 Å². The fourth-order valence-corrected chi connectivity index (χ4v) is 1.99. The summed E-state index contributed by atoms with van der Waals surface area (Å²) in [7, 11) is 0. The molecule has 1 aromatic rings. The van der Waals surface area contributed by atoms with Gasteiger partial charge in [-0.05, 0) is 19.1 Å². The van der Waals surface area contributed by atoms with E-state index >= 15 is 0 Å². The van der Waals surface area contributed by atoms with E-state index in [0.29, 0.717) is 23.8 Å². The van der Waals surface area contributed by atoms with Gasteiger partial charge in [0.15, 0.2) is 5.15 Å². The second-order valence-corrected chi connectivity index (χ2v) is 4.09. The van der Waals surface area contributed by atoms with Gasteiger partial charge < -0.3 is 10.6 Å².